The molecule has 0 N–H and O–H groups in total. The van der Waals surface area contributed by atoms with Gasteiger partial charge in [0.2, 0.25) is 0 Å². The van der Waals surface area contributed by atoms with Crippen LogP contribution in [0, 0.1) is 17.0 Å². The molecule has 1 aliphatic rings. The molecule has 27 heavy (non-hydrogen) atoms. The highest BCUT2D eigenvalue weighted by Crippen LogP contribution is 2.32. The number of amides is 1. The van der Waals surface area contributed by atoms with Crippen LogP contribution in [0.2, 0.25) is 0 Å². The number of ether oxygens (including phenoxy) is 1. The fourth-order valence-electron chi connectivity index (χ4n) is 2.43. The number of rotatable bonds is 6. The zero-order valence-electron chi connectivity index (χ0n) is 16.5. The molecule has 0 saturated carbocycles. The Labute approximate surface area is 162 Å². The third-order valence-corrected chi connectivity index (χ3v) is 4.46. The lowest BCUT2D eigenvalue weighted by Gasteiger charge is -2.18. The smallest absolute Gasteiger partial charge is 0.414 e. The van der Waals surface area contributed by atoms with Crippen molar-refractivity contribution in [1.82, 2.24) is 5.01 Å². The number of carbonyl (C=O) groups is 1. The first-order valence-corrected chi connectivity index (χ1v) is 11.7. The Bertz CT molecular complexity index is 767. The molecule has 0 radical (unpaired) electrons. The fraction of sp³-hybridized carbons (Fsp3) is 0.526. The lowest BCUT2D eigenvalue weighted by atomic mass is 10.2. The van der Waals surface area contributed by atoms with E-state index in [2.05, 4.69) is 21.5 Å². The van der Waals surface area contributed by atoms with E-state index in [9.17, 15) is 9.18 Å². The van der Waals surface area contributed by atoms with E-state index in [0.717, 1.165) is 0 Å². The van der Waals surface area contributed by atoms with Crippen molar-refractivity contribution in [3.63, 3.8) is 0 Å². The molecule has 1 aliphatic heterocycles. The molecule has 1 aromatic rings. The van der Waals surface area contributed by atoms with Gasteiger partial charge in [-0.2, -0.15) is 15.1 Å². The summed E-state index contributed by atoms with van der Waals surface area (Å²) in [4.78, 5) is 13.6. The quantitative estimate of drug-likeness (QED) is 0.418. The van der Waals surface area contributed by atoms with Gasteiger partial charge >= 0.3 is 6.09 Å². The van der Waals surface area contributed by atoms with Crippen LogP contribution in [0.15, 0.2) is 28.5 Å². The van der Waals surface area contributed by atoms with Gasteiger partial charge in [0.1, 0.15) is 11.9 Å². The average molecular weight is 395 g/mol. The Morgan fingerprint density at radius 1 is 1.37 bits per heavy atom. The standard InChI is InChI=1S/C19H27FN4O2S/c1-6-21-22-23(7-2)13-17-14-24(19(25)26-17)16-9-8-15(18(20)12-16)10-11-27(3,4)5/h8-9,12,17H,6-7,13-14H2,1-5H3. The second-order valence-corrected chi connectivity index (χ2v) is 10.8. The number of anilines is 1. The van der Waals surface area contributed by atoms with Crippen molar-refractivity contribution in [2.24, 2.45) is 10.3 Å². The summed E-state index contributed by atoms with van der Waals surface area (Å²) < 4.78 is 19.8. The van der Waals surface area contributed by atoms with Crippen molar-refractivity contribution in [2.45, 2.75) is 20.0 Å². The lowest BCUT2D eigenvalue weighted by molar-refractivity contribution is 0.108. The van der Waals surface area contributed by atoms with Gasteiger partial charge in [-0.15, -0.1) is 0 Å². The van der Waals surface area contributed by atoms with E-state index in [1.54, 1.807) is 17.1 Å². The molecule has 1 aromatic carbocycles. The number of benzene rings is 1. The Morgan fingerprint density at radius 2 is 2.11 bits per heavy atom. The third kappa shape index (κ3) is 6.14. The highest BCUT2D eigenvalue weighted by molar-refractivity contribution is 8.35. The van der Waals surface area contributed by atoms with Crippen molar-refractivity contribution in [3.8, 4) is 11.2 Å². The second kappa shape index (κ2) is 9.09. The summed E-state index contributed by atoms with van der Waals surface area (Å²) in [6.07, 6.45) is 5.31. The molecule has 0 bridgehead atoms. The van der Waals surface area contributed by atoms with Gasteiger partial charge in [0.05, 0.1) is 30.9 Å². The van der Waals surface area contributed by atoms with Gasteiger partial charge in [0.25, 0.3) is 0 Å². The molecule has 0 aromatic heterocycles. The minimum absolute atomic E-state index is 0.336. The molecular weight excluding hydrogens is 367 g/mol. The molecule has 2 rings (SSSR count). The number of likely N-dealkylation sites (N-methyl/N-ethyl adjacent to an activating group) is 1. The van der Waals surface area contributed by atoms with Crippen LogP contribution in [-0.2, 0) is 4.74 Å². The van der Waals surface area contributed by atoms with Crippen LogP contribution in [-0.4, -0.2) is 62.2 Å². The molecule has 0 spiro atoms. The summed E-state index contributed by atoms with van der Waals surface area (Å²) in [6.45, 7) is 5.90. The van der Waals surface area contributed by atoms with E-state index in [4.69, 9.17) is 4.74 Å². The molecule has 0 aliphatic carbocycles. The molecule has 1 amide bonds. The zero-order chi connectivity index (χ0) is 20.0. The molecule has 148 valence electrons. The maximum Gasteiger partial charge on any atom is 0.414 e. The van der Waals surface area contributed by atoms with Crippen molar-refractivity contribution in [1.29, 1.82) is 0 Å². The zero-order valence-corrected chi connectivity index (χ0v) is 17.3. The Morgan fingerprint density at radius 3 is 2.70 bits per heavy atom. The van der Waals surface area contributed by atoms with Gasteiger partial charge in [-0.25, -0.2) is 9.18 Å². The summed E-state index contributed by atoms with van der Waals surface area (Å²) in [5, 5.41) is 12.9. The molecule has 1 heterocycles. The predicted molar refractivity (Wildman–Crippen MR) is 109 cm³/mol. The third-order valence-electron chi connectivity index (χ3n) is 3.74. The van der Waals surface area contributed by atoms with Crippen LogP contribution >= 0.6 is 10.0 Å². The number of nitrogens with zero attached hydrogens (tertiary/aromatic N) is 4. The molecule has 1 saturated heterocycles. The average Bonchev–Trinajstić information content (AvgIpc) is 2.97. The molecule has 6 nitrogen and oxygen atoms in total. The summed E-state index contributed by atoms with van der Waals surface area (Å²) in [7, 11) is -1.04. The second-order valence-electron chi connectivity index (χ2n) is 6.90. The topological polar surface area (TPSA) is 57.5 Å². The number of hydrogen-bond donors (Lipinski definition) is 0. The number of carbonyl (C=O) groups excluding carboxylic acids is 1. The minimum atomic E-state index is -1.04. The summed E-state index contributed by atoms with van der Waals surface area (Å²) in [5.74, 6) is 2.45. The van der Waals surface area contributed by atoms with E-state index in [1.807, 2.05) is 32.6 Å². The summed E-state index contributed by atoms with van der Waals surface area (Å²) in [5.41, 5.74) is 0.800. The fourth-order valence-corrected chi connectivity index (χ4v) is 2.84. The molecule has 1 fully saturated rings. The maximum atomic E-state index is 14.4. The lowest BCUT2D eigenvalue weighted by Crippen LogP contribution is -2.31. The van der Waals surface area contributed by atoms with Crippen LogP contribution in [0.1, 0.15) is 19.4 Å². The first kappa shape index (κ1) is 21.0. The summed E-state index contributed by atoms with van der Waals surface area (Å²) >= 11 is 0. The van der Waals surface area contributed by atoms with Crippen molar-refractivity contribution in [2.75, 3.05) is 49.8 Å². The molecule has 1 unspecified atom stereocenters. The van der Waals surface area contributed by atoms with E-state index in [-0.39, 0.29) is 6.10 Å². The van der Waals surface area contributed by atoms with E-state index >= 15 is 0 Å². The number of cyclic esters (lactones) is 1. The molecule has 1 atom stereocenters. The van der Waals surface area contributed by atoms with Crippen LogP contribution in [0.3, 0.4) is 0 Å². The van der Waals surface area contributed by atoms with Gasteiger partial charge in [0.15, 0.2) is 0 Å². The van der Waals surface area contributed by atoms with Crippen molar-refractivity contribution < 1.29 is 13.9 Å². The van der Waals surface area contributed by atoms with Crippen LogP contribution < -0.4 is 4.90 Å². The highest BCUT2D eigenvalue weighted by Gasteiger charge is 2.33. The van der Waals surface area contributed by atoms with Crippen LogP contribution in [0.5, 0.6) is 0 Å². The minimum Gasteiger partial charge on any atom is -0.442 e. The van der Waals surface area contributed by atoms with Crippen LogP contribution in [0.25, 0.3) is 0 Å². The van der Waals surface area contributed by atoms with E-state index < -0.39 is 21.9 Å². The Hall–Kier alpha value is -2.27. The van der Waals surface area contributed by atoms with E-state index in [1.165, 1.54) is 11.0 Å². The van der Waals surface area contributed by atoms with Crippen molar-refractivity contribution in [3.05, 3.63) is 29.6 Å². The van der Waals surface area contributed by atoms with E-state index in [0.29, 0.717) is 37.4 Å². The molecule has 8 heteroatoms. The first-order chi connectivity index (χ1) is 12.7. The Balaban J connectivity index is 2.10. The number of hydrogen-bond acceptors (Lipinski definition) is 4. The van der Waals surface area contributed by atoms with Gasteiger partial charge < -0.3 is 4.74 Å². The van der Waals surface area contributed by atoms with Gasteiger partial charge in [-0.05, 0) is 56.1 Å². The Kier molecular flexibility index (Phi) is 7.08. The maximum absolute atomic E-state index is 14.4. The summed E-state index contributed by atoms with van der Waals surface area (Å²) in [6, 6.07) is 4.64. The largest absolute Gasteiger partial charge is 0.442 e. The first-order valence-electron chi connectivity index (χ1n) is 8.84. The SMILES string of the molecule is CCN=NN(CC)CC1CN(c2ccc(C#CS(C)(C)C)c(F)c2)C(=O)O1. The van der Waals surface area contributed by atoms with Gasteiger partial charge in [-0.3, -0.25) is 9.91 Å². The van der Waals surface area contributed by atoms with Gasteiger partial charge in [-0.1, -0.05) is 11.1 Å². The highest BCUT2D eigenvalue weighted by atomic mass is 32.3. The monoisotopic (exact) mass is 394 g/mol. The molecular formula is C19H27FN4O2S. The van der Waals surface area contributed by atoms with Crippen LogP contribution in [0.4, 0.5) is 14.9 Å². The number of halogens is 1. The van der Waals surface area contributed by atoms with Gasteiger partial charge in [0, 0.05) is 6.54 Å². The van der Waals surface area contributed by atoms with Crippen molar-refractivity contribution >= 4 is 21.8 Å². The normalized spacial score (nSPS) is 17.6. The predicted octanol–water partition coefficient (Wildman–Crippen LogP) is 3.86.